The molecule has 100 valence electrons. The summed E-state index contributed by atoms with van der Waals surface area (Å²) in [5.41, 5.74) is 6.31. The predicted octanol–water partition coefficient (Wildman–Crippen LogP) is 1.57. The third-order valence-corrected chi connectivity index (χ3v) is 5.60. The molecule has 4 heteroatoms. The van der Waals surface area contributed by atoms with Gasteiger partial charge in [-0.3, -0.25) is 4.90 Å². The molecule has 2 unspecified atom stereocenters. The molecule has 2 saturated heterocycles. The molecule has 0 aromatic rings. The fourth-order valence-electron chi connectivity index (χ4n) is 2.99. The van der Waals surface area contributed by atoms with Gasteiger partial charge < -0.3 is 10.5 Å². The lowest BCUT2D eigenvalue weighted by Gasteiger charge is -2.45. The van der Waals surface area contributed by atoms with Crippen molar-refractivity contribution in [3.63, 3.8) is 0 Å². The smallest absolute Gasteiger partial charge is 0.0506 e. The molecule has 2 aliphatic heterocycles. The van der Waals surface area contributed by atoms with Gasteiger partial charge in [-0.25, -0.2) is 0 Å². The largest absolute Gasteiger partial charge is 0.381 e. The fourth-order valence-corrected chi connectivity index (χ4v) is 4.34. The van der Waals surface area contributed by atoms with Crippen LogP contribution in [0, 0.1) is 5.92 Å². The van der Waals surface area contributed by atoms with E-state index < -0.39 is 0 Å². The topological polar surface area (TPSA) is 38.5 Å². The first kappa shape index (κ1) is 13.7. The number of thioether (sulfide) groups is 1. The van der Waals surface area contributed by atoms with Crippen molar-refractivity contribution in [2.45, 2.75) is 31.2 Å². The Morgan fingerprint density at radius 1 is 1.47 bits per heavy atom. The van der Waals surface area contributed by atoms with Crippen molar-refractivity contribution in [2.24, 2.45) is 11.7 Å². The van der Waals surface area contributed by atoms with E-state index in [9.17, 15) is 0 Å². The van der Waals surface area contributed by atoms with Crippen molar-refractivity contribution in [3.05, 3.63) is 0 Å². The summed E-state index contributed by atoms with van der Waals surface area (Å²) < 4.78 is 5.57. The van der Waals surface area contributed by atoms with Gasteiger partial charge >= 0.3 is 0 Å². The summed E-state index contributed by atoms with van der Waals surface area (Å²) in [4.78, 5) is 2.53. The lowest BCUT2D eigenvalue weighted by molar-refractivity contribution is 0.0226. The van der Waals surface area contributed by atoms with E-state index in [0.29, 0.717) is 5.92 Å². The summed E-state index contributed by atoms with van der Waals surface area (Å²) in [6.45, 7) is 3.85. The van der Waals surface area contributed by atoms with Crippen molar-refractivity contribution < 1.29 is 4.74 Å². The molecule has 2 fully saturated rings. The number of hydrogen-bond donors (Lipinski definition) is 1. The van der Waals surface area contributed by atoms with Gasteiger partial charge in [-0.15, -0.1) is 0 Å². The molecule has 2 N–H and O–H groups in total. The summed E-state index contributed by atoms with van der Waals surface area (Å²) >= 11 is 2.06. The number of likely N-dealkylation sites (N-methyl/N-ethyl adjacent to an activating group) is 1. The second kappa shape index (κ2) is 6.41. The Hall–Kier alpha value is 0.230. The highest BCUT2D eigenvalue weighted by Crippen LogP contribution is 2.31. The zero-order chi connectivity index (χ0) is 12.1. The summed E-state index contributed by atoms with van der Waals surface area (Å²) in [5, 5.41) is 0. The van der Waals surface area contributed by atoms with Crippen LogP contribution >= 0.6 is 11.8 Å². The monoisotopic (exact) mass is 258 g/mol. The first-order chi connectivity index (χ1) is 8.27. The minimum Gasteiger partial charge on any atom is -0.381 e. The Morgan fingerprint density at radius 3 is 2.94 bits per heavy atom. The molecule has 17 heavy (non-hydrogen) atoms. The zero-order valence-electron chi connectivity index (χ0n) is 11.0. The van der Waals surface area contributed by atoms with Crippen LogP contribution in [-0.4, -0.2) is 55.3 Å². The molecule has 0 bridgehead atoms. The van der Waals surface area contributed by atoms with Gasteiger partial charge in [0.25, 0.3) is 0 Å². The zero-order valence-corrected chi connectivity index (χ0v) is 11.8. The molecule has 0 amide bonds. The number of ether oxygens (including phenoxy) is 1. The first-order valence-electron chi connectivity index (χ1n) is 6.84. The Bertz CT molecular complexity index is 225. The molecule has 0 radical (unpaired) electrons. The van der Waals surface area contributed by atoms with Gasteiger partial charge in [-0.05, 0) is 44.4 Å². The second-order valence-corrected chi connectivity index (χ2v) is 6.65. The van der Waals surface area contributed by atoms with E-state index in [1.807, 2.05) is 0 Å². The number of nitrogens with two attached hydrogens (primary N) is 1. The maximum atomic E-state index is 6.06. The summed E-state index contributed by atoms with van der Waals surface area (Å²) in [7, 11) is 2.26. The Morgan fingerprint density at radius 2 is 2.35 bits per heavy atom. The molecule has 2 rings (SSSR count). The highest BCUT2D eigenvalue weighted by molar-refractivity contribution is 7.99. The maximum Gasteiger partial charge on any atom is 0.0506 e. The van der Waals surface area contributed by atoms with E-state index in [1.54, 1.807) is 0 Å². The van der Waals surface area contributed by atoms with Crippen LogP contribution in [-0.2, 0) is 4.74 Å². The van der Waals surface area contributed by atoms with Gasteiger partial charge in [0, 0.05) is 31.0 Å². The third kappa shape index (κ3) is 3.37. The number of rotatable bonds is 4. The fraction of sp³-hybridized carbons (Fsp3) is 1.00. The Balaban J connectivity index is 1.89. The summed E-state index contributed by atoms with van der Waals surface area (Å²) in [6.07, 6.45) is 5.12. The maximum absolute atomic E-state index is 6.06. The molecule has 0 aliphatic carbocycles. The molecule has 0 aromatic carbocycles. The summed E-state index contributed by atoms with van der Waals surface area (Å²) in [6, 6.07) is 0. The van der Waals surface area contributed by atoms with Gasteiger partial charge in [0.1, 0.15) is 0 Å². The van der Waals surface area contributed by atoms with E-state index in [4.69, 9.17) is 10.5 Å². The molecular formula is C13H26N2OS. The molecule has 2 heterocycles. The van der Waals surface area contributed by atoms with E-state index in [1.165, 1.54) is 37.2 Å². The minimum absolute atomic E-state index is 0.250. The Kier molecular flexibility index (Phi) is 5.15. The van der Waals surface area contributed by atoms with E-state index >= 15 is 0 Å². The third-order valence-electron chi connectivity index (χ3n) is 4.28. The average molecular weight is 258 g/mol. The van der Waals surface area contributed by atoms with Crippen LogP contribution in [0.2, 0.25) is 0 Å². The lowest BCUT2D eigenvalue weighted by atomic mass is 9.91. The normalized spacial score (nSPS) is 35.1. The van der Waals surface area contributed by atoms with Crippen LogP contribution in [0.3, 0.4) is 0 Å². The van der Waals surface area contributed by atoms with Gasteiger partial charge in [0.15, 0.2) is 0 Å². The molecule has 2 aliphatic rings. The van der Waals surface area contributed by atoms with Crippen molar-refractivity contribution in [3.8, 4) is 0 Å². The quantitative estimate of drug-likeness (QED) is 0.831. The first-order valence-corrected chi connectivity index (χ1v) is 7.99. The molecule has 0 spiro atoms. The van der Waals surface area contributed by atoms with Crippen molar-refractivity contribution in [2.75, 3.05) is 44.9 Å². The number of hydrogen-bond acceptors (Lipinski definition) is 4. The van der Waals surface area contributed by atoms with E-state index in [-0.39, 0.29) is 5.54 Å². The van der Waals surface area contributed by atoms with Crippen LogP contribution in [0.15, 0.2) is 0 Å². The van der Waals surface area contributed by atoms with Crippen molar-refractivity contribution in [1.29, 1.82) is 0 Å². The van der Waals surface area contributed by atoms with Gasteiger partial charge in [-0.1, -0.05) is 0 Å². The van der Waals surface area contributed by atoms with Crippen molar-refractivity contribution in [1.82, 2.24) is 4.90 Å². The van der Waals surface area contributed by atoms with Gasteiger partial charge in [0.2, 0.25) is 0 Å². The lowest BCUT2D eigenvalue weighted by Crippen LogP contribution is -2.57. The highest BCUT2D eigenvalue weighted by atomic mass is 32.2. The van der Waals surface area contributed by atoms with Crippen LogP contribution in [0.5, 0.6) is 0 Å². The standard InChI is InChI=1S/C13H26N2OS/c1-15(8-12-4-2-6-16-9-12)13(10-14)5-3-7-17-11-13/h12H,2-11,14H2,1H3. The average Bonchev–Trinajstić information content (AvgIpc) is 2.40. The molecule has 3 nitrogen and oxygen atoms in total. The molecule has 0 saturated carbocycles. The Labute approximate surface area is 109 Å². The van der Waals surface area contributed by atoms with Crippen LogP contribution in [0.25, 0.3) is 0 Å². The predicted molar refractivity (Wildman–Crippen MR) is 74.5 cm³/mol. The van der Waals surface area contributed by atoms with Crippen LogP contribution in [0.1, 0.15) is 25.7 Å². The van der Waals surface area contributed by atoms with Crippen LogP contribution < -0.4 is 5.73 Å². The number of nitrogens with zero attached hydrogens (tertiary/aromatic N) is 1. The van der Waals surface area contributed by atoms with E-state index in [2.05, 4.69) is 23.7 Å². The molecule has 0 aromatic heterocycles. The second-order valence-electron chi connectivity index (χ2n) is 5.55. The molecular weight excluding hydrogens is 232 g/mol. The van der Waals surface area contributed by atoms with Gasteiger partial charge in [0.05, 0.1) is 6.61 Å². The SMILES string of the molecule is CN(CC1CCCOC1)C1(CN)CCCSC1. The summed E-state index contributed by atoms with van der Waals surface area (Å²) in [5.74, 6) is 3.22. The van der Waals surface area contributed by atoms with Crippen LogP contribution in [0.4, 0.5) is 0 Å². The minimum atomic E-state index is 0.250. The van der Waals surface area contributed by atoms with Gasteiger partial charge in [-0.2, -0.15) is 11.8 Å². The van der Waals surface area contributed by atoms with Crippen molar-refractivity contribution >= 4 is 11.8 Å². The van der Waals surface area contributed by atoms with E-state index in [0.717, 1.165) is 26.3 Å². The highest BCUT2D eigenvalue weighted by Gasteiger charge is 2.36. The molecule has 2 atom stereocenters.